The minimum atomic E-state index is -0.112. The largest absolute Gasteiger partial charge is 0.302 e. The fourth-order valence-electron chi connectivity index (χ4n) is 3.40. The summed E-state index contributed by atoms with van der Waals surface area (Å²) in [5.41, 5.74) is 6.46. The van der Waals surface area contributed by atoms with Crippen LogP contribution in [0.2, 0.25) is 0 Å². The van der Waals surface area contributed by atoms with Crippen LogP contribution in [0.1, 0.15) is 23.1 Å². The van der Waals surface area contributed by atoms with Crippen LogP contribution < -0.4 is 5.32 Å². The van der Waals surface area contributed by atoms with Gasteiger partial charge < -0.3 is 5.32 Å². The van der Waals surface area contributed by atoms with Gasteiger partial charge in [0.05, 0.1) is 5.69 Å². The molecule has 6 nitrogen and oxygen atoms in total. The molecule has 8 heteroatoms. The zero-order valence-electron chi connectivity index (χ0n) is 17.6. The first-order valence-electron chi connectivity index (χ1n) is 9.96. The van der Waals surface area contributed by atoms with Crippen molar-refractivity contribution in [1.82, 2.24) is 19.7 Å². The third-order valence-corrected chi connectivity index (χ3v) is 6.11. The lowest BCUT2D eigenvalue weighted by Gasteiger charge is -2.07. The van der Waals surface area contributed by atoms with Crippen LogP contribution in [0.15, 0.2) is 47.8 Å². The summed E-state index contributed by atoms with van der Waals surface area (Å²) in [7, 11) is 0. The number of aromatic amines is 1. The summed E-state index contributed by atoms with van der Waals surface area (Å²) in [6, 6.07) is 14.3. The predicted octanol–water partition coefficient (Wildman–Crippen LogP) is 5.69. The second-order valence-electron chi connectivity index (χ2n) is 7.52. The molecule has 0 saturated heterocycles. The highest BCUT2D eigenvalue weighted by Gasteiger charge is 2.13. The fourth-order valence-corrected chi connectivity index (χ4v) is 4.35. The van der Waals surface area contributed by atoms with Crippen molar-refractivity contribution in [2.45, 2.75) is 33.7 Å². The number of aromatic nitrogens is 4. The van der Waals surface area contributed by atoms with Gasteiger partial charge in [0.1, 0.15) is 0 Å². The van der Waals surface area contributed by atoms with Crippen molar-refractivity contribution in [2.24, 2.45) is 0 Å². The van der Waals surface area contributed by atoms with Gasteiger partial charge in [-0.3, -0.25) is 14.5 Å². The van der Waals surface area contributed by atoms with E-state index in [-0.39, 0.29) is 12.3 Å². The normalized spacial score (nSPS) is 10.9. The molecule has 0 bridgehead atoms. The lowest BCUT2D eigenvalue weighted by Crippen LogP contribution is -2.15. The minimum absolute atomic E-state index is 0.112. The molecule has 0 aliphatic rings. The summed E-state index contributed by atoms with van der Waals surface area (Å²) in [5, 5.41) is 12.6. The van der Waals surface area contributed by atoms with Crippen LogP contribution in [0.3, 0.4) is 0 Å². The van der Waals surface area contributed by atoms with E-state index >= 15 is 0 Å². The smallest absolute Gasteiger partial charge is 0.227 e. The van der Waals surface area contributed by atoms with Crippen LogP contribution in [-0.2, 0) is 11.3 Å². The SMILES string of the molecule is Cc1ccc(-c2n[nH]c(=S)n2CCC(=O)Nc2nc(-c3ccc(C)cc3C)cs2)cc1. The number of H-pyrrole nitrogens is 1. The van der Waals surface area contributed by atoms with E-state index in [1.807, 2.05) is 41.1 Å². The Morgan fingerprint density at radius 3 is 2.61 bits per heavy atom. The predicted molar refractivity (Wildman–Crippen MR) is 128 cm³/mol. The Hall–Kier alpha value is -3.10. The molecule has 0 spiro atoms. The maximum atomic E-state index is 12.5. The molecule has 2 aromatic carbocycles. The molecular weight excluding hydrogens is 426 g/mol. The second kappa shape index (κ2) is 8.95. The number of anilines is 1. The number of amides is 1. The molecule has 31 heavy (non-hydrogen) atoms. The Labute approximate surface area is 190 Å². The summed E-state index contributed by atoms with van der Waals surface area (Å²) in [6.45, 7) is 6.61. The molecule has 2 heterocycles. The van der Waals surface area contributed by atoms with Gasteiger partial charge in [-0.25, -0.2) is 4.98 Å². The summed E-state index contributed by atoms with van der Waals surface area (Å²) < 4.78 is 2.34. The number of nitrogens with one attached hydrogen (secondary N) is 2. The topological polar surface area (TPSA) is 75.6 Å². The highest BCUT2D eigenvalue weighted by molar-refractivity contribution is 7.71. The van der Waals surface area contributed by atoms with Crippen molar-refractivity contribution in [3.05, 3.63) is 69.3 Å². The summed E-state index contributed by atoms with van der Waals surface area (Å²) in [4.78, 5) is 17.1. The number of aryl methyl sites for hydroxylation is 3. The standard InChI is InChI=1S/C23H23N5OS2/c1-14-4-7-17(8-5-14)21-26-27-23(30)28(21)11-10-20(29)25-22-24-19(13-31-22)18-9-6-15(2)12-16(18)3/h4-9,12-13H,10-11H2,1-3H3,(H,27,30)(H,24,25,29). The average molecular weight is 450 g/mol. The van der Waals surface area contributed by atoms with Crippen molar-refractivity contribution in [2.75, 3.05) is 5.32 Å². The Morgan fingerprint density at radius 2 is 1.87 bits per heavy atom. The molecule has 0 unspecified atom stereocenters. The van der Waals surface area contributed by atoms with E-state index in [9.17, 15) is 4.79 Å². The van der Waals surface area contributed by atoms with E-state index in [0.29, 0.717) is 16.4 Å². The molecule has 0 saturated carbocycles. The van der Waals surface area contributed by atoms with Crippen molar-refractivity contribution >= 4 is 34.6 Å². The first-order valence-corrected chi connectivity index (χ1v) is 11.2. The quantitative estimate of drug-likeness (QED) is 0.371. The molecule has 0 aliphatic heterocycles. The number of hydrogen-bond donors (Lipinski definition) is 2. The number of carbonyl (C=O) groups excluding carboxylic acids is 1. The van der Waals surface area contributed by atoms with E-state index in [4.69, 9.17) is 12.2 Å². The molecule has 1 amide bonds. The van der Waals surface area contributed by atoms with Crippen molar-refractivity contribution in [3.63, 3.8) is 0 Å². The second-order valence-corrected chi connectivity index (χ2v) is 8.77. The highest BCUT2D eigenvalue weighted by Crippen LogP contribution is 2.28. The van der Waals surface area contributed by atoms with Gasteiger partial charge >= 0.3 is 0 Å². The maximum Gasteiger partial charge on any atom is 0.227 e. The summed E-state index contributed by atoms with van der Waals surface area (Å²) in [5.74, 6) is 0.615. The molecule has 2 N–H and O–H groups in total. The van der Waals surface area contributed by atoms with E-state index in [2.05, 4.69) is 52.5 Å². The third-order valence-electron chi connectivity index (χ3n) is 5.04. The first-order chi connectivity index (χ1) is 14.9. The minimum Gasteiger partial charge on any atom is -0.302 e. The van der Waals surface area contributed by atoms with Crippen LogP contribution in [-0.4, -0.2) is 25.7 Å². The van der Waals surface area contributed by atoms with Gasteiger partial charge in [-0.15, -0.1) is 11.3 Å². The Morgan fingerprint density at radius 1 is 1.13 bits per heavy atom. The summed E-state index contributed by atoms with van der Waals surface area (Å²) in [6.07, 6.45) is 0.269. The monoisotopic (exact) mass is 449 g/mol. The van der Waals surface area contributed by atoms with Crippen molar-refractivity contribution < 1.29 is 4.79 Å². The number of rotatable bonds is 6. The first kappa shape index (κ1) is 21.1. The lowest BCUT2D eigenvalue weighted by atomic mass is 10.0. The van der Waals surface area contributed by atoms with Crippen molar-refractivity contribution in [3.8, 4) is 22.6 Å². The molecule has 0 radical (unpaired) electrons. The van der Waals surface area contributed by atoms with Crippen LogP contribution in [0, 0.1) is 25.5 Å². The Bertz CT molecular complexity index is 1280. The Kier molecular flexibility index (Phi) is 6.11. The van der Waals surface area contributed by atoms with Gasteiger partial charge in [0.2, 0.25) is 5.91 Å². The number of hydrogen-bond acceptors (Lipinski definition) is 5. The highest BCUT2D eigenvalue weighted by atomic mass is 32.1. The lowest BCUT2D eigenvalue weighted by molar-refractivity contribution is -0.116. The molecule has 0 fully saturated rings. The number of carbonyl (C=O) groups is 1. The van der Waals surface area contributed by atoms with Gasteiger partial charge in [0.15, 0.2) is 15.7 Å². The van der Waals surface area contributed by atoms with Gasteiger partial charge in [-0.2, -0.15) is 5.10 Å². The molecule has 0 aliphatic carbocycles. The van der Waals surface area contributed by atoms with E-state index in [0.717, 1.165) is 22.6 Å². The van der Waals surface area contributed by atoms with E-state index < -0.39 is 0 Å². The zero-order valence-corrected chi connectivity index (χ0v) is 19.2. The number of benzene rings is 2. The molecular formula is C23H23N5OS2. The fraction of sp³-hybridized carbons (Fsp3) is 0.217. The summed E-state index contributed by atoms with van der Waals surface area (Å²) >= 11 is 6.79. The molecule has 0 atom stereocenters. The average Bonchev–Trinajstić information content (AvgIpc) is 3.33. The molecule has 158 valence electrons. The molecule has 2 aromatic heterocycles. The van der Waals surface area contributed by atoms with Gasteiger partial charge in [0.25, 0.3) is 0 Å². The Balaban J connectivity index is 1.43. The van der Waals surface area contributed by atoms with Crippen LogP contribution in [0.5, 0.6) is 0 Å². The van der Waals surface area contributed by atoms with Gasteiger partial charge in [-0.05, 0) is 38.6 Å². The molecule has 4 aromatic rings. The van der Waals surface area contributed by atoms with Gasteiger partial charge in [-0.1, -0.05) is 53.6 Å². The van der Waals surface area contributed by atoms with Gasteiger partial charge in [0, 0.05) is 29.5 Å². The van der Waals surface area contributed by atoms with E-state index in [1.54, 1.807) is 0 Å². The number of nitrogens with zero attached hydrogens (tertiary/aromatic N) is 3. The zero-order chi connectivity index (χ0) is 22.0. The van der Waals surface area contributed by atoms with Crippen LogP contribution >= 0.6 is 23.6 Å². The maximum absolute atomic E-state index is 12.5. The van der Waals surface area contributed by atoms with Crippen LogP contribution in [0.25, 0.3) is 22.6 Å². The number of thiazole rings is 1. The van der Waals surface area contributed by atoms with Crippen LogP contribution in [0.4, 0.5) is 5.13 Å². The third kappa shape index (κ3) is 4.81. The molecule has 4 rings (SSSR count). The van der Waals surface area contributed by atoms with Crippen molar-refractivity contribution in [1.29, 1.82) is 0 Å². The van der Waals surface area contributed by atoms with E-state index in [1.165, 1.54) is 28.0 Å².